The van der Waals surface area contributed by atoms with Crippen molar-refractivity contribution in [3.8, 4) is 0 Å². The van der Waals surface area contributed by atoms with Crippen molar-refractivity contribution in [1.29, 1.82) is 0 Å². The molecule has 3 rings (SSSR count). The summed E-state index contributed by atoms with van der Waals surface area (Å²) in [6.07, 6.45) is 1.24. The van der Waals surface area contributed by atoms with Crippen molar-refractivity contribution in [1.82, 2.24) is 10.2 Å². The smallest absolute Gasteiger partial charge is 0.117 e. The number of hydrogen-bond donors (Lipinski definition) is 2. The van der Waals surface area contributed by atoms with Gasteiger partial charge in [0.25, 0.3) is 0 Å². The Morgan fingerprint density at radius 1 is 1.36 bits per heavy atom. The lowest BCUT2D eigenvalue weighted by molar-refractivity contribution is -0.0220. The van der Waals surface area contributed by atoms with Gasteiger partial charge in [-0.2, -0.15) is 0 Å². The zero-order chi connectivity index (χ0) is 15.6. The minimum absolute atomic E-state index is 0.556. The van der Waals surface area contributed by atoms with Crippen molar-refractivity contribution in [3.63, 3.8) is 0 Å². The molecule has 22 heavy (non-hydrogen) atoms. The van der Waals surface area contributed by atoms with E-state index in [0.717, 1.165) is 43.7 Å². The number of hydrogen-bond acceptors (Lipinski definition) is 5. The Morgan fingerprint density at radius 3 is 2.77 bits per heavy atom. The minimum Gasteiger partial charge on any atom is -0.464 e. The first-order valence-electron chi connectivity index (χ1n) is 8.35. The maximum absolute atomic E-state index is 10.5. The van der Waals surface area contributed by atoms with E-state index in [9.17, 15) is 5.11 Å². The van der Waals surface area contributed by atoms with E-state index < -0.39 is 5.60 Å². The van der Waals surface area contributed by atoms with Gasteiger partial charge in [0.05, 0.1) is 25.4 Å². The van der Waals surface area contributed by atoms with E-state index in [1.807, 2.05) is 13.0 Å². The summed E-state index contributed by atoms with van der Waals surface area (Å²) in [6.45, 7) is 9.36. The quantitative estimate of drug-likeness (QED) is 0.801. The molecule has 0 aromatic carbocycles. The van der Waals surface area contributed by atoms with Crippen LogP contribution in [0.25, 0.3) is 0 Å². The summed E-state index contributed by atoms with van der Waals surface area (Å²) in [5.74, 6) is 3.46. The molecule has 0 amide bonds. The van der Waals surface area contributed by atoms with E-state index in [1.54, 1.807) is 0 Å². The molecule has 3 atom stereocenters. The molecule has 1 saturated heterocycles. The number of ether oxygens (including phenoxy) is 1. The largest absolute Gasteiger partial charge is 0.464 e. The Hall–Kier alpha value is -0.880. The van der Waals surface area contributed by atoms with Gasteiger partial charge in [0.1, 0.15) is 11.5 Å². The maximum atomic E-state index is 10.5. The van der Waals surface area contributed by atoms with Crippen LogP contribution in [0.2, 0.25) is 0 Å². The molecule has 3 unspecified atom stereocenters. The average Bonchev–Trinajstić information content (AvgIpc) is 3.02. The van der Waals surface area contributed by atoms with Crippen molar-refractivity contribution < 1.29 is 14.3 Å². The van der Waals surface area contributed by atoms with Gasteiger partial charge in [-0.25, -0.2) is 0 Å². The highest BCUT2D eigenvalue weighted by atomic mass is 16.5. The summed E-state index contributed by atoms with van der Waals surface area (Å²) in [7, 11) is 0. The Balaban J connectivity index is 1.40. The zero-order valence-corrected chi connectivity index (χ0v) is 13.7. The SMILES string of the molecule is CC1CC1c1ccc(CNCC(C)(O)CN2CCOCC2)o1. The van der Waals surface area contributed by atoms with Gasteiger partial charge in [0, 0.05) is 32.1 Å². The number of nitrogens with one attached hydrogen (secondary N) is 1. The van der Waals surface area contributed by atoms with Gasteiger partial charge in [0.2, 0.25) is 0 Å². The van der Waals surface area contributed by atoms with Crippen molar-refractivity contribution >= 4 is 0 Å². The first kappa shape index (κ1) is 16.0. The second kappa shape index (κ2) is 6.71. The number of nitrogens with zero attached hydrogens (tertiary/aromatic N) is 1. The molecule has 124 valence electrons. The van der Waals surface area contributed by atoms with Crippen molar-refractivity contribution in [2.24, 2.45) is 5.92 Å². The zero-order valence-electron chi connectivity index (χ0n) is 13.7. The van der Waals surface area contributed by atoms with Gasteiger partial charge in [-0.05, 0) is 31.4 Å². The predicted molar refractivity (Wildman–Crippen MR) is 84.8 cm³/mol. The van der Waals surface area contributed by atoms with Crippen LogP contribution < -0.4 is 5.32 Å². The first-order chi connectivity index (χ1) is 10.5. The van der Waals surface area contributed by atoms with Gasteiger partial charge in [-0.15, -0.1) is 0 Å². The average molecular weight is 308 g/mol. The van der Waals surface area contributed by atoms with Crippen LogP contribution >= 0.6 is 0 Å². The van der Waals surface area contributed by atoms with E-state index in [2.05, 4.69) is 23.2 Å². The molecule has 0 radical (unpaired) electrons. The third kappa shape index (κ3) is 4.32. The molecule has 1 aromatic rings. The number of aliphatic hydroxyl groups is 1. The van der Waals surface area contributed by atoms with Gasteiger partial charge in [-0.3, -0.25) is 4.90 Å². The van der Waals surface area contributed by atoms with Gasteiger partial charge < -0.3 is 19.6 Å². The van der Waals surface area contributed by atoms with Crippen molar-refractivity contribution in [3.05, 3.63) is 23.7 Å². The highest BCUT2D eigenvalue weighted by molar-refractivity contribution is 5.17. The van der Waals surface area contributed by atoms with Gasteiger partial charge in [0.15, 0.2) is 0 Å². The van der Waals surface area contributed by atoms with E-state index in [-0.39, 0.29) is 0 Å². The lowest BCUT2D eigenvalue weighted by Gasteiger charge is -2.33. The van der Waals surface area contributed by atoms with Crippen LogP contribution in [-0.4, -0.2) is 55.0 Å². The molecule has 1 aliphatic heterocycles. The number of furan rings is 1. The minimum atomic E-state index is -0.738. The van der Waals surface area contributed by atoms with E-state index in [1.165, 1.54) is 6.42 Å². The van der Waals surface area contributed by atoms with E-state index >= 15 is 0 Å². The summed E-state index contributed by atoms with van der Waals surface area (Å²) in [5.41, 5.74) is -0.738. The molecule has 1 saturated carbocycles. The second-order valence-electron chi connectivity index (χ2n) is 7.11. The second-order valence-corrected chi connectivity index (χ2v) is 7.11. The molecule has 2 fully saturated rings. The normalized spacial score (nSPS) is 28.5. The van der Waals surface area contributed by atoms with E-state index in [0.29, 0.717) is 25.6 Å². The third-order valence-electron chi connectivity index (χ3n) is 4.63. The summed E-state index contributed by atoms with van der Waals surface area (Å²) >= 11 is 0. The van der Waals surface area contributed by atoms with Crippen LogP contribution in [0.15, 0.2) is 16.5 Å². The lowest BCUT2D eigenvalue weighted by Crippen LogP contribution is -2.50. The number of β-amino-alcohol motifs (C(OH)–C–C–N with tert-alkyl or cyclic N) is 1. The number of rotatable bonds is 7. The summed E-state index contributed by atoms with van der Waals surface area (Å²) < 4.78 is 11.2. The molecule has 1 aromatic heterocycles. The molecule has 2 N–H and O–H groups in total. The topological polar surface area (TPSA) is 57.9 Å². The van der Waals surface area contributed by atoms with Crippen LogP contribution in [-0.2, 0) is 11.3 Å². The monoisotopic (exact) mass is 308 g/mol. The standard InChI is InChI=1S/C17H28N2O3/c1-13-9-15(13)16-4-3-14(22-16)10-18-11-17(2,20)12-19-5-7-21-8-6-19/h3-4,13,15,18,20H,5-12H2,1-2H3. The van der Waals surface area contributed by atoms with Crippen molar-refractivity contribution in [2.45, 2.75) is 38.3 Å². The fourth-order valence-electron chi connectivity index (χ4n) is 3.16. The summed E-state index contributed by atoms with van der Waals surface area (Å²) in [6, 6.07) is 4.14. The van der Waals surface area contributed by atoms with Crippen LogP contribution in [0.1, 0.15) is 37.7 Å². The predicted octanol–water partition coefficient (Wildman–Crippen LogP) is 1.58. The highest BCUT2D eigenvalue weighted by Crippen LogP contribution is 2.47. The Bertz CT molecular complexity index is 480. The van der Waals surface area contributed by atoms with Crippen molar-refractivity contribution in [2.75, 3.05) is 39.4 Å². The maximum Gasteiger partial charge on any atom is 0.117 e. The molecule has 1 aliphatic carbocycles. The Labute approximate surface area is 132 Å². The van der Waals surface area contributed by atoms with Gasteiger partial charge >= 0.3 is 0 Å². The molecular weight excluding hydrogens is 280 g/mol. The Morgan fingerprint density at radius 2 is 2.09 bits per heavy atom. The molecule has 5 nitrogen and oxygen atoms in total. The lowest BCUT2D eigenvalue weighted by atomic mass is 10.1. The first-order valence-corrected chi connectivity index (χ1v) is 8.35. The molecule has 5 heteroatoms. The van der Waals surface area contributed by atoms with Crippen LogP contribution in [0.3, 0.4) is 0 Å². The highest BCUT2D eigenvalue weighted by Gasteiger charge is 2.36. The fraction of sp³-hybridized carbons (Fsp3) is 0.765. The van der Waals surface area contributed by atoms with Crippen LogP contribution in [0.5, 0.6) is 0 Å². The molecule has 2 aliphatic rings. The fourth-order valence-corrected chi connectivity index (χ4v) is 3.16. The van der Waals surface area contributed by atoms with Crippen LogP contribution in [0.4, 0.5) is 0 Å². The summed E-state index contributed by atoms with van der Waals surface area (Å²) in [5, 5.41) is 13.8. The third-order valence-corrected chi connectivity index (χ3v) is 4.63. The molecule has 2 heterocycles. The van der Waals surface area contributed by atoms with Gasteiger partial charge in [-0.1, -0.05) is 6.92 Å². The molecule has 0 bridgehead atoms. The molecule has 0 spiro atoms. The summed E-state index contributed by atoms with van der Waals surface area (Å²) in [4.78, 5) is 2.25. The number of morpholine rings is 1. The van der Waals surface area contributed by atoms with E-state index in [4.69, 9.17) is 9.15 Å². The molecular formula is C17H28N2O3. The Kier molecular flexibility index (Phi) is 4.88. The van der Waals surface area contributed by atoms with Crippen LogP contribution in [0, 0.1) is 5.92 Å².